The number of hydrogen-bond acceptors (Lipinski definition) is 2. The third kappa shape index (κ3) is 2.09. The summed E-state index contributed by atoms with van der Waals surface area (Å²) in [6.45, 7) is 4.26. The smallest absolute Gasteiger partial charge is 0.371 e. The first-order valence-electron chi connectivity index (χ1n) is 4.39. The molecule has 4 heteroatoms. The average Bonchev–Trinajstić information content (AvgIpc) is 2.48. The Morgan fingerprint density at radius 2 is 2.07 bits per heavy atom. The van der Waals surface area contributed by atoms with Crippen molar-refractivity contribution in [3.8, 4) is 0 Å². The first-order chi connectivity index (χ1) is 6.20. The normalized spacial score (nSPS) is 10.6. The van der Waals surface area contributed by atoms with Crippen LogP contribution in [0.15, 0.2) is 12.3 Å². The maximum absolute atomic E-state index is 4.18. The van der Waals surface area contributed by atoms with E-state index in [0.717, 1.165) is 16.7 Å². The molecule has 0 bridgehead atoms. The Morgan fingerprint density at radius 3 is 2.71 bits per heavy atom. The molecule has 0 aliphatic carbocycles. The molecule has 2 rings (SSSR count). The minimum absolute atomic E-state index is 0. The maximum atomic E-state index is 4.18. The number of fused-ring (bicyclic) bond motifs is 1. The molecule has 0 saturated heterocycles. The summed E-state index contributed by atoms with van der Waals surface area (Å²) in [5.41, 5.74) is 3.16. The summed E-state index contributed by atoms with van der Waals surface area (Å²) < 4.78 is 2.05. The van der Waals surface area contributed by atoms with Crippen LogP contribution in [0.3, 0.4) is 0 Å². The molecule has 0 N–H and O–H groups in total. The van der Waals surface area contributed by atoms with Crippen molar-refractivity contribution in [2.75, 3.05) is 0 Å². The summed E-state index contributed by atoms with van der Waals surface area (Å²) in [5, 5.41) is 0. The molecule has 0 unspecified atom stereocenters. The van der Waals surface area contributed by atoms with E-state index in [4.69, 9.17) is 0 Å². The van der Waals surface area contributed by atoms with Crippen LogP contribution >= 0.6 is 0 Å². The first-order valence-corrected chi connectivity index (χ1v) is 4.39. The molecule has 0 aliphatic rings. The van der Waals surface area contributed by atoms with E-state index in [9.17, 15) is 0 Å². The summed E-state index contributed by atoms with van der Waals surface area (Å²) in [4.78, 5) is 8.27. The van der Waals surface area contributed by atoms with Crippen LogP contribution in [-0.4, -0.2) is 14.5 Å². The minimum atomic E-state index is 0. The number of aromatic nitrogens is 3. The van der Waals surface area contributed by atoms with Crippen LogP contribution in [0.1, 0.15) is 25.5 Å². The van der Waals surface area contributed by atoms with E-state index >= 15 is 0 Å². The van der Waals surface area contributed by atoms with E-state index in [1.165, 1.54) is 0 Å². The van der Waals surface area contributed by atoms with Crippen LogP contribution < -0.4 is 51.4 Å². The second-order valence-electron chi connectivity index (χ2n) is 3.52. The Hall–Kier alpha value is 0.256. The fourth-order valence-corrected chi connectivity index (χ4v) is 1.51. The van der Waals surface area contributed by atoms with Crippen LogP contribution in [0.25, 0.3) is 11.0 Å². The minimum Gasteiger partial charge on any atom is -0.371 e. The summed E-state index contributed by atoms with van der Waals surface area (Å²) >= 11 is 0. The molecule has 0 aromatic carbocycles. The standard InChI is InChI=1S/C10H12N3.K/c1-7(2)9-10-8(11-6-12-9)4-5-13(10)3;/h4-5,7H,1-3H3;/q-1;+1. The number of aryl methyl sites for hydroxylation is 1. The largest absolute Gasteiger partial charge is 1.00 e. The van der Waals surface area contributed by atoms with Gasteiger partial charge < -0.3 is 14.5 Å². The van der Waals surface area contributed by atoms with Gasteiger partial charge in [-0.3, -0.25) is 0 Å². The molecule has 0 fully saturated rings. The maximum Gasteiger partial charge on any atom is 1.00 e. The summed E-state index contributed by atoms with van der Waals surface area (Å²) in [7, 11) is 2.01. The number of rotatable bonds is 1. The molecule has 2 aromatic heterocycles. The van der Waals surface area contributed by atoms with Crippen molar-refractivity contribution >= 4 is 11.0 Å². The third-order valence-corrected chi connectivity index (χ3v) is 2.18. The Labute approximate surface area is 126 Å². The molecule has 0 aliphatic heterocycles. The van der Waals surface area contributed by atoms with Crippen LogP contribution in [-0.2, 0) is 7.05 Å². The predicted molar refractivity (Wildman–Crippen MR) is 51.4 cm³/mol. The van der Waals surface area contributed by atoms with Crippen molar-refractivity contribution in [1.82, 2.24) is 14.5 Å². The molecule has 0 saturated carbocycles. The zero-order valence-electron chi connectivity index (χ0n) is 9.07. The molecule has 0 spiro atoms. The fourth-order valence-electron chi connectivity index (χ4n) is 1.51. The van der Waals surface area contributed by atoms with Crippen molar-refractivity contribution in [1.29, 1.82) is 0 Å². The van der Waals surface area contributed by atoms with Gasteiger partial charge in [0.25, 0.3) is 0 Å². The van der Waals surface area contributed by atoms with Gasteiger partial charge in [-0.05, 0) is 28.8 Å². The van der Waals surface area contributed by atoms with Crippen LogP contribution in [0.5, 0.6) is 0 Å². The van der Waals surface area contributed by atoms with Crippen LogP contribution in [0.4, 0.5) is 0 Å². The molecule has 2 aromatic rings. The summed E-state index contributed by atoms with van der Waals surface area (Å²) in [5.74, 6) is 0.412. The first kappa shape index (κ1) is 12.3. The number of nitrogens with zero attached hydrogens (tertiary/aromatic N) is 3. The topological polar surface area (TPSA) is 30.7 Å². The molecule has 3 nitrogen and oxygen atoms in total. The van der Waals surface area contributed by atoms with E-state index in [-0.39, 0.29) is 51.4 Å². The Balaban J connectivity index is 0.000000980. The molecule has 68 valence electrons. The molecule has 0 radical (unpaired) electrons. The Bertz CT molecular complexity index is 434. The predicted octanol–water partition coefficient (Wildman–Crippen LogP) is -1.10. The van der Waals surface area contributed by atoms with Gasteiger partial charge in [0.2, 0.25) is 0 Å². The van der Waals surface area contributed by atoms with Crippen molar-refractivity contribution in [3.63, 3.8) is 0 Å². The van der Waals surface area contributed by atoms with Gasteiger partial charge in [-0.25, -0.2) is 0 Å². The number of hydrogen-bond donors (Lipinski definition) is 0. The Morgan fingerprint density at radius 1 is 1.36 bits per heavy atom. The zero-order chi connectivity index (χ0) is 9.42. The molecule has 14 heavy (non-hydrogen) atoms. The quantitative estimate of drug-likeness (QED) is 0.444. The van der Waals surface area contributed by atoms with Gasteiger partial charge >= 0.3 is 51.4 Å². The zero-order valence-corrected chi connectivity index (χ0v) is 12.2. The fraction of sp³-hybridized carbons (Fsp3) is 0.400. The second kappa shape index (κ2) is 4.85. The molecule has 2 heterocycles. The monoisotopic (exact) mass is 213 g/mol. The van der Waals surface area contributed by atoms with Crippen LogP contribution in [0.2, 0.25) is 0 Å². The molecular formula is C10H12KN3. The van der Waals surface area contributed by atoms with Gasteiger partial charge in [-0.2, -0.15) is 0 Å². The van der Waals surface area contributed by atoms with Gasteiger partial charge in [0.1, 0.15) is 0 Å². The van der Waals surface area contributed by atoms with Gasteiger partial charge in [-0.15, -0.1) is 0 Å². The molecular weight excluding hydrogens is 201 g/mol. The van der Waals surface area contributed by atoms with E-state index < -0.39 is 0 Å². The Kier molecular flexibility index (Phi) is 4.27. The van der Waals surface area contributed by atoms with Crippen molar-refractivity contribution < 1.29 is 51.4 Å². The SMILES string of the molecule is CC(C)c1n[c-]nc2ccn(C)c12.[K+]. The summed E-state index contributed by atoms with van der Waals surface area (Å²) in [6.07, 6.45) is 4.68. The second-order valence-corrected chi connectivity index (χ2v) is 3.52. The molecule has 0 atom stereocenters. The average molecular weight is 213 g/mol. The van der Waals surface area contributed by atoms with Crippen molar-refractivity contribution in [3.05, 3.63) is 24.3 Å². The summed E-state index contributed by atoms with van der Waals surface area (Å²) in [6, 6.07) is 1.99. The van der Waals surface area contributed by atoms with Gasteiger partial charge in [0.15, 0.2) is 0 Å². The van der Waals surface area contributed by atoms with Crippen molar-refractivity contribution in [2.24, 2.45) is 7.05 Å². The van der Waals surface area contributed by atoms with E-state index in [1.807, 2.05) is 19.3 Å². The van der Waals surface area contributed by atoms with Crippen molar-refractivity contribution in [2.45, 2.75) is 19.8 Å². The van der Waals surface area contributed by atoms with Gasteiger partial charge in [-0.1, -0.05) is 19.9 Å². The van der Waals surface area contributed by atoms with Gasteiger partial charge in [0, 0.05) is 13.4 Å². The van der Waals surface area contributed by atoms with E-state index in [1.54, 1.807) is 0 Å². The molecule has 0 amide bonds. The van der Waals surface area contributed by atoms with Gasteiger partial charge in [0.05, 0.1) is 0 Å². The van der Waals surface area contributed by atoms with E-state index in [0.29, 0.717) is 5.92 Å². The van der Waals surface area contributed by atoms with E-state index in [2.05, 4.69) is 34.7 Å². The van der Waals surface area contributed by atoms with Crippen LogP contribution in [0, 0.1) is 6.33 Å². The third-order valence-electron chi connectivity index (χ3n) is 2.18.